The van der Waals surface area contributed by atoms with E-state index in [2.05, 4.69) is 46.9 Å². The van der Waals surface area contributed by atoms with E-state index in [1.54, 1.807) is 0 Å². The van der Waals surface area contributed by atoms with Crippen LogP contribution in [-0.4, -0.2) is 61.6 Å². The molecule has 2 N–H and O–H groups in total. The average Bonchev–Trinajstić information content (AvgIpc) is 2.92. The molecule has 5 heteroatoms. The predicted octanol–water partition coefficient (Wildman–Crippen LogP) is 2.10. The molecule has 0 saturated carbocycles. The lowest BCUT2D eigenvalue weighted by Gasteiger charge is -2.35. The van der Waals surface area contributed by atoms with E-state index in [1.165, 1.54) is 11.1 Å². The predicted molar refractivity (Wildman–Crippen MR) is 97.7 cm³/mol. The molecule has 132 valence electrons. The van der Waals surface area contributed by atoms with Gasteiger partial charge in [0.1, 0.15) is 0 Å². The highest BCUT2D eigenvalue weighted by Crippen LogP contribution is 2.41. The summed E-state index contributed by atoms with van der Waals surface area (Å²) in [7, 11) is 4.04. The van der Waals surface area contributed by atoms with Crippen molar-refractivity contribution in [2.24, 2.45) is 5.92 Å². The van der Waals surface area contributed by atoms with Crippen molar-refractivity contribution in [3.05, 3.63) is 35.6 Å². The molecule has 1 aliphatic carbocycles. The van der Waals surface area contributed by atoms with E-state index in [9.17, 15) is 4.79 Å². The van der Waals surface area contributed by atoms with Gasteiger partial charge in [-0.2, -0.15) is 0 Å². The minimum Gasteiger partial charge on any atom is -0.381 e. The van der Waals surface area contributed by atoms with Gasteiger partial charge in [-0.05, 0) is 57.3 Å². The van der Waals surface area contributed by atoms with Crippen LogP contribution in [0.4, 0.5) is 4.79 Å². The Labute approximate surface area is 145 Å². The van der Waals surface area contributed by atoms with Crippen LogP contribution in [0.2, 0.25) is 0 Å². The lowest BCUT2D eigenvalue weighted by atomic mass is 9.77. The topological polar surface area (TPSA) is 47.6 Å². The minimum absolute atomic E-state index is 0.0742. The lowest BCUT2D eigenvalue weighted by Crippen LogP contribution is -2.46. The molecule has 0 aromatic carbocycles. The quantitative estimate of drug-likeness (QED) is 0.830. The summed E-state index contributed by atoms with van der Waals surface area (Å²) < 4.78 is 0. The number of likely N-dealkylation sites (N-methyl/N-ethyl adjacent to an activating group) is 1. The number of rotatable bonds is 4. The molecule has 1 saturated heterocycles. The molecule has 0 radical (unpaired) electrons. The van der Waals surface area contributed by atoms with Gasteiger partial charge in [0.05, 0.1) is 5.54 Å². The molecule has 5 nitrogen and oxygen atoms in total. The second-order valence-corrected chi connectivity index (χ2v) is 7.59. The third-order valence-electron chi connectivity index (χ3n) is 5.43. The molecule has 24 heavy (non-hydrogen) atoms. The SMILES string of the molecule is CN(C)CCNC(=O)N1CCC(C2=CNC3(C)CC=CC=C23)CC1. The van der Waals surface area contributed by atoms with Crippen LogP contribution in [-0.2, 0) is 0 Å². The highest BCUT2D eigenvalue weighted by atomic mass is 16.2. The largest absolute Gasteiger partial charge is 0.381 e. The molecule has 2 amide bonds. The van der Waals surface area contributed by atoms with Gasteiger partial charge in [-0.25, -0.2) is 4.79 Å². The number of amides is 2. The maximum absolute atomic E-state index is 12.2. The van der Waals surface area contributed by atoms with Crippen molar-refractivity contribution in [1.82, 2.24) is 20.4 Å². The first-order valence-electron chi connectivity index (χ1n) is 9.02. The van der Waals surface area contributed by atoms with Crippen molar-refractivity contribution in [3.8, 4) is 0 Å². The van der Waals surface area contributed by atoms with Crippen LogP contribution in [0.3, 0.4) is 0 Å². The molecule has 0 spiro atoms. The number of hydrogen-bond donors (Lipinski definition) is 2. The number of carbonyl (C=O) groups excluding carboxylic acids is 1. The maximum Gasteiger partial charge on any atom is 0.317 e. The Morgan fingerprint density at radius 1 is 1.42 bits per heavy atom. The first-order chi connectivity index (χ1) is 11.5. The van der Waals surface area contributed by atoms with Crippen LogP contribution in [0.1, 0.15) is 26.2 Å². The highest BCUT2D eigenvalue weighted by Gasteiger charge is 2.38. The van der Waals surface area contributed by atoms with E-state index >= 15 is 0 Å². The molecule has 0 aromatic heterocycles. The zero-order chi connectivity index (χ0) is 17.2. The number of hydrogen-bond acceptors (Lipinski definition) is 3. The van der Waals surface area contributed by atoms with Crippen LogP contribution >= 0.6 is 0 Å². The van der Waals surface area contributed by atoms with Crippen molar-refractivity contribution >= 4 is 6.03 Å². The number of urea groups is 1. The van der Waals surface area contributed by atoms with E-state index in [-0.39, 0.29) is 11.6 Å². The Morgan fingerprint density at radius 2 is 2.17 bits per heavy atom. The number of likely N-dealkylation sites (tertiary alicyclic amines) is 1. The molecule has 1 atom stereocenters. The van der Waals surface area contributed by atoms with E-state index in [0.717, 1.165) is 38.9 Å². The third-order valence-corrected chi connectivity index (χ3v) is 5.43. The van der Waals surface area contributed by atoms with Crippen molar-refractivity contribution in [2.75, 3.05) is 40.3 Å². The average molecular weight is 330 g/mol. The summed E-state index contributed by atoms with van der Waals surface area (Å²) in [6.07, 6.45) is 12.0. The Balaban J connectivity index is 1.52. The summed E-state index contributed by atoms with van der Waals surface area (Å²) >= 11 is 0. The number of nitrogens with zero attached hydrogens (tertiary/aromatic N) is 2. The van der Waals surface area contributed by atoms with Gasteiger partial charge < -0.3 is 20.4 Å². The van der Waals surface area contributed by atoms with E-state index < -0.39 is 0 Å². The number of allylic oxidation sites excluding steroid dienone is 2. The van der Waals surface area contributed by atoms with Crippen molar-refractivity contribution < 1.29 is 4.79 Å². The zero-order valence-corrected chi connectivity index (χ0v) is 15.1. The van der Waals surface area contributed by atoms with Crippen LogP contribution in [0.5, 0.6) is 0 Å². The first-order valence-corrected chi connectivity index (χ1v) is 9.02. The van der Waals surface area contributed by atoms with Crippen LogP contribution in [0.15, 0.2) is 35.6 Å². The Bertz CT molecular complexity index is 570. The number of piperidine rings is 1. The summed E-state index contributed by atoms with van der Waals surface area (Å²) in [5, 5.41) is 6.59. The second kappa shape index (κ2) is 7.01. The number of carbonyl (C=O) groups is 1. The Hall–Kier alpha value is -1.75. The smallest absolute Gasteiger partial charge is 0.317 e. The molecule has 1 fully saturated rings. The van der Waals surface area contributed by atoms with Crippen molar-refractivity contribution in [3.63, 3.8) is 0 Å². The molecule has 0 aromatic rings. The highest BCUT2D eigenvalue weighted by molar-refractivity contribution is 5.74. The van der Waals surface area contributed by atoms with Gasteiger partial charge in [-0.15, -0.1) is 0 Å². The third kappa shape index (κ3) is 3.51. The van der Waals surface area contributed by atoms with Gasteiger partial charge in [0.15, 0.2) is 0 Å². The van der Waals surface area contributed by atoms with E-state index in [1.807, 2.05) is 19.0 Å². The van der Waals surface area contributed by atoms with Gasteiger partial charge in [0.25, 0.3) is 0 Å². The molecule has 3 rings (SSSR count). The summed E-state index contributed by atoms with van der Waals surface area (Å²) in [5.41, 5.74) is 2.97. The molecule has 3 aliphatic rings. The van der Waals surface area contributed by atoms with Crippen molar-refractivity contribution in [1.29, 1.82) is 0 Å². The molecular weight excluding hydrogens is 300 g/mol. The summed E-state index contributed by atoms with van der Waals surface area (Å²) in [4.78, 5) is 16.3. The molecular formula is C19H30N4O. The fraction of sp³-hybridized carbons (Fsp3) is 0.632. The zero-order valence-electron chi connectivity index (χ0n) is 15.1. The summed E-state index contributed by atoms with van der Waals surface area (Å²) in [6, 6.07) is 0.0819. The number of nitrogens with one attached hydrogen (secondary N) is 2. The molecule has 0 bridgehead atoms. The normalized spacial score (nSPS) is 26.8. The second-order valence-electron chi connectivity index (χ2n) is 7.59. The van der Waals surface area contributed by atoms with E-state index in [4.69, 9.17) is 0 Å². The first kappa shape index (κ1) is 17.1. The van der Waals surface area contributed by atoms with Gasteiger partial charge in [0.2, 0.25) is 0 Å². The maximum atomic E-state index is 12.2. The fourth-order valence-electron chi connectivity index (χ4n) is 3.86. The summed E-state index contributed by atoms with van der Waals surface area (Å²) in [5.74, 6) is 0.558. The standard InChI is InChI=1S/C19H30N4O/c1-19-9-5-4-6-17(19)16(14-21-19)15-7-11-23(12-8-15)18(24)20-10-13-22(2)3/h4-6,14-15,21H,7-13H2,1-3H3,(H,20,24). The molecule has 1 unspecified atom stereocenters. The molecule has 2 heterocycles. The lowest BCUT2D eigenvalue weighted by molar-refractivity contribution is 0.176. The van der Waals surface area contributed by atoms with Crippen LogP contribution in [0, 0.1) is 5.92 Å². The fourth-order valence-corrected chi connectivity index (χ4v) is 3.86. The van der Waals surface area contributed by atoms with Gasteiger partial charge in [-0.1, -0.05) is 18.2 Å². The van der Waals surface area contributed by atoms with Gasteiger partial charge >= 0.3 is 6.03 Å². The van der Waals surface area contributed by atoms with Crippen LogP contribution in [0.25, 0.3) is 0 Å². The van der Waals surface area contributed by atoms with E-state index in [0.29, 0.717) is 12.5 Å². The molecule has 2 aliphatic heterocycles. The van der Waals surface area contributed by atoms with Crippen molar-refractivity contribution in [2.45, 2.75) is 31.7 Å². The van der Waals surface area contributed by atoms with Gasteiger partial charge in [-0.3, -0.25) is 0 Å². The Kier molecular flexibility index (Phi) is 4.99. The van der Waals surface area contributed by atoms with Crippen LogP contribution < -0.4 is 10.6 Å². The summed E-state index contributed by atoms with van der Waals surface area (Å²) in [6.45, 7) is 5.55. The Morgan fingerprint density at radius 3 is 2.88 bits per heavy atom. The minimum atomic E-state index is 0.0742. The number of fused-ring (bicyclic) bond motifs is 1. The van der Waals surface area contributed by atoms with Gasteiger partial charge in [0, 0.05) is 32.4 Å². The monoisotopic (exact) mass is 330 g/mol.